The SMILES string of the molecule is NC(=S)c1ccc(OCCCO)c(F)c1. The van der Waals surface area contributed by atoms with E-state index < -0.39 is 5.82 Å². The molecule has 0 bridgehead atoms. The number of ether oxygens (including phenoxy) is 1. The van der Waals surface area contributed by atoms with Gasteiger partial charge in [-0.3, -0.25) is 0 Å². The molecule has 0 unspecified atom stereocenters. The van der Waals surface area contributed by atoms with Crippen LogP contribution in [0, 0.1) is 5.82 Å². The minimum atomic E-state index is -0.502. The van der Waals surface area contributed by atoms with Crippen LogP contribution in [0.1, 0.15) is 12.0 Å². The highest BCUT2D eigenvalue weighted by molar-refractivity contribution is 7.80. The fourth-order valence-electron chi connectivity index (χ4n) is 1.02. The van der Waals surface area contributed by atoms with Gasteiger partial charge < -0.3 is 15.6 Å². The largest absolute Gasteiger partial charge is 0.490 e. The van der Waals surface area contributed by atoms with E-state index in [9.17, 15) is 4.39 Å². The van der Waals surface area contributed by atoms with Gasteiger partial charge in [-0.25, -0.2) is 4.39 Å². The molecule has 0 aliphatic heterocycles. The number of thiocarbonyl (C=S) groups is 1. The fourth-order valence-corrected chi connectivity index (χ4v) is 1.14. The van der Waals surface area contributed by atoms with Crippen molar-refractivity contribution in [2.24, 2.45) is 5.73 Å². The Morgan fingerprint density at radius 3 is 2.80 bits per heavy atom. The molecule has 0 radical (unpaired) electrons. The molecule has 5 heteroatoms. The first-order valence-electron chi connectivity index (χ1n) is 4.48. The second-order valence-electron chi connectivity index (χ2n) is 2.94. The first-order chi connectivity index (χ1) is 7.15. The molecule has 15 heavy (non-hydrogen) atoms. The third-order valence-corrected chi connectivity index (χ3v) is 2.01. The van der Waals surface area contributed by atoms with Crippen molar-refractivity contribution in [3.05, 3.63) is 29.6 Å². The first-order valence-corrected chi connectivity index (χ1v) is 4.89. The predicted molar refractivity (Wildman–Crippen MR) is 59.5 cm³/mol. The summed E-state index contributed by atoms with van der Waals surface area (Å²) in [5, 5.41) is 8.52. The third-order valence-electron chi connectivity index (χ3n) is 1.78. The Balaban J connectivity index is 2.70. The van der Waals surface area contributed by atoms with Crippen LogP contribution < -0.4 is 10.5 Å². The summed E-state index contributed by atoms with van der Waals surface area (Å²) in [4.78, 5) is 0.149. The van der Waals surface area contributed by atoms with Crippen molar-refractivity contribution < 1.29 is 14.2 Å². The van der Waals surface area contributed by atoms with E-state index in [4.69, 9.17) is 27.8 Å². The van der Waals surface area contributed by atoms with Crippen molar-refractivity contribution >= 4 is 17.2 Å². The minimum Gasteiger partial charge on any atom is -0.490 e. The monoisotopic (exact) mass is 229 g/mol. The molecule has 3 N–H and O–H groups in total. The summed E-state index contributed by atoms with van der Waals surface area (Å²) >= 11 is 4.71. The highest BCUT2D eigenvalue weighted by Gasteiger charge is 2.05. The summed E-state index contributed by atoms with van der Waals surface area (Å²) in [7, 11) is 0. The molecule has 0 spiro atoms. The molecular weight excluding hydrogens is 217 g/mol. The first kappa shape index (κ1) is 11.9. The lowest BCUT2D eigenvalue weighted by Crippen LogP contribution is -2.10. The number of aliphatic hydroxyl groups is 1. The molecule has 1 rings (SSSR count). The quantitative estimate of drug-likeness (QED) is 0.589. The van der Waals surface area contributed by atoms with E-state index in [1.807, 2.05) is 0 Å². The van der Waals surface area contributed by atoms with E-state index in [-0.39, 0.29) is 24.0 Å². The Morgan fingerprint density at radius 1 is 1.53 bits per heavy atom. The number of hydrogen-bond acceptors (Lipinski definition) is 3. The average molecular weight is 229 g/mol. The normalized spacial score (nSPS) is 10.0. The van der Waals surface area contributed by atoms with Crippen molar-refractivity contribution in [1.29, 1.82) is 0 Å². The average Bonchev–Trinajstić information content (AvgIpc) is 2.20. The second-order valence-corrected chi connectivity index (χ2v) is 3.37. The molecule has 1 aromatic rings. The van der Waals surface area contributed by atoms with Gasteiger partial charge in [-0.05, 0) is 18.2 Å². The maximum Gasteiger partial charge on any atom is 0.165 e. The lowest BCUT2D eigenvalue weighted by molar-refractivity contribution is 0.228. The molecular formula is C10H12FNO2S. The molecule has 0 saturated carbocycles. The topological polar surface area (TPSA) is 55.5 Å². The molecule has 82 valence electrons. The van der Waals surface area contributed by atoms with Gasteiger partial charge in [-0.15, -0.1) is 0 Å². The van der Waals surface area contributed by atoms with Crippen LogP contribution in [0.3, 0.4) is 0 Å². The van der Waals surface area contributed by atoms with Gasteiger partial charge >= 0.3 is 0 Å². The van der Waals surface area contributed by atoms with E-state index in [2.05, 4.69) is 0 Å². The second kappa shape index (κ2) is 5.63. The van der Waals surface area contributed by atoms with Gasteiger partial charge in [0, 0.05) is 18.6 Å². The van der Waals surface area contributed by atoms with E-state index in [1.54, 1.807) is 6.07 Å². The minimum absolute atomic E-state index is 0.0204. The Kier molecular flexibility index (Phi) is 4.45. The summed E-state index contributed by atoms with van der Waals surface area (Å²) in [6.07, 6.45) is 0.469. The zero-order valence-electron chi connectivity index (χ0n) is 8.07. The van der Waals surface area contributed by atoms with Crippen LogP contribution in [-0.2, 0) is 0 Å². The summed E-state index contributed by atoms with van der Waals surface area (Å²) in [5.74, 6) is -0.360. The van der Waals surface area contributed by atoms with Gasteiger partial charge in [0.05, 0.1) is 6.61 Å². The van der Waals surface area contributed by atoms with Crippen LogP contribution >= 0.6 is 12.2 Å². The number of halogens is 1. The fraction of sp³-hybridized carbons (Fsp3) is 0.300. The van der Waals surface area contributed by atoms with Crippen LogP contribution in [0.2, 0.25) is 0 Å². The smallest absolute Gasteiger partial charge is 0.165 e. The van der Waals surface area contributed by atoms with E-state index in [0.29, 0.717) is 12.0 Å². The zero-order chi connectivity index (χ0) is 11.3. The van der Waals surface area contributed by atoms with Crippen LogP contribution in [0.25, 0.3) is 0 Å². The van der Waals surface area contributed by atoms with Crippen molar-refractivity contribution in [3.63, 3.8) is 0 Å². The summed E-state index contributed by atoms with van der Waals surface area (Å²) in [6, 6.07) is 4.30. The lowest BCUT2D eigenvalue weighted by atomic mass is 10.2. The van der Waals surface area contributed by atoms with Crippen LogP contribution in [0.15, 0.2) is 18.2 Å². The van der Waals surface area contributed by atoms with Gasteiger partial charge in [0.25, 0.3) is 0 Å². The van der Waals surface area contributed by atoms with E-state index in [1.165, 1.54) is 12.1 Å². The Labute approximate surface area is 92.7 Å². The predicted octanol–water partition coefficient (Wildman–Crippen LogP) is 1.22. The number of aliphatic hydroxyl groups excluding tert-OH is 1. The number of hydrogen-bond donors (Lipinski definition) is 2. The van der Waals surface area contributed by atoms with E-state index >= 15 is 0 Å². The summed E-state index contributed by atoms with van der Waals surface area (Å²) in [6.45, 7) is 0.298. The highest BCUT2D eigenvalue weighted by atomic mass is 32.1. The molecule has 3 nitrogen and oxygen atoms in total. The Bertz CT molecular complexity index is 357. The van der Waals surface area contributed by atoms with Gasteiger partial charge in [0.15, 0.2) is 11.6 Å². The molecule has 0 aromatic heterocycles. The molecule has 0 amide bonds. The molecule has 0 aliphatic carbocycles. The van der Waals surface area contributed by atoms with Crippen molar-refractivity contribution in [3.8, 4) is 5.75 Å². The highest BCUT2D eigenvalue weighted by Crippen LogP contribution is 2.18. The summed E-state index contributed by atoms with van der Waals surface area (Å²) < 4.78 is 18.4. The Morgan fingerprint density at radius 2 is 2.27 bits per heavy atom. The van der Waals surface area contributed by atoms with Crippen LogP contribution in [-0.4, -0.2) is 23.3 Å². The maximum absolute atomic E-state index is 13.3. The molecule has 0 saturated heterocycles. The van der Waals surface area contributed by atoms with Gasteiger partial charge in [-0.1, -0.05) is 12.2 Å². The maximum atomic E-state index is 13.3. The molecule has 0 atom stereocenters. The summed E-state index contributed by atoms with van der Waals surface area (Å²) in [5.41, 5.74) is 5.81. The Hall–Kier alpha value is -1.20. The molecule has 1 aromatic carbocycles. The molecule has 0 fully saturated rings. The number of benzene rings is 1. The van der Waals surface area contributed by atoms with Crippen LogP contribution in [0.4, 0.5) is 4.39 Å². The van der Waals surface area contributed by atoms with E-state index in [0.717, 1.165) is 0 Å². The van der Waals surface area contributed by atoms with Crippen molar-refractivity contribution in [1.82, 2.24) is 0 Å². The van der Waals surface area contributed by atoms with Crippen molar-refractivity contribution in [2.75, 3.05) is 13.2 Å². The van der Waals surface area contributed by atoms with Crippen molar-refractivity contribution in [2.45, 2.75) is 6.42 Å². The molecule has 0 aliphatic rings. The zero-order valence-corrected chi connectivity index (χ0v) is 8.89. The van der Waals surface area contributed by atoms with Gasteiger partial charge in [0.2, 0.25) is 0 Å². The number of rotatable bonds is 5. The van der Waals surface area contributed by atoms with Crippen LogP contribution in [0.5, 0.6) is 5.75 Å². The lowest BCUT2D eigenvalue weighted by Gasteiger charge is -2.07. The van der Waals surface area contributed by atoms with Gasteiger partial charge in [-0.2, -0.15) is 0 Å². The number of nitrogens with two attached hydrogens (primary N) is 1. The standard InChI is InChI=1S/C10H12FNO2S/c11-8-6-7(10(12)15)2-3-9(8)14-5-1-4-13/h2-3,6,13H,1,4-5H2,(H2,12,15). The third kappa shape index (κ3) is 3.45. The van der Waals surface area contributed by atoms with Gasteiger partial charge in [0.1, 0.15) is 4.99 Å². The molecule has 0 heterocycles.